The highest BCUT2D eigenvalue weighted by Gasteiger charge is 2.12. The number of nitrogens with zero attached hydrogens (tertiary/aromatic N) is 3. The smallest absolute Gasteiger partial charge is 0.296 e. The Balaban J connectivity index is 1.66. The summed E-state index contributed by atoms with van der Waals surface area (Å²) in [5, 5.41) is 4.90. The molecule has 0 unspecified atom stereocenters. The van der Waals surface area contributed by atoms with Crippen LogP contribution in [-0.2, 0) is 6.42 Å². The van der Waals surface area contributed by atoms with Crippen molar-refractivity contribution in [2.24, 2.45) is 0 Å². The van der Waals surface area contributed by atoms with Crippen LogP contribution in [0.5, 0.6) is 5.75 Å². The average Bonchev–Trinajstić information content (AvgIpc) is 3.04. The van der Waals surface area contributed by atoms with Gasteiger partial charge in [0.2, 0.25) is 4.96 Å². The summed E-state index contributed by atoms with van der Waals surface area (Å²) >= 11 is 7.04. The molecule has 4 rings (SSSR count). The van der Waals surface area contributed by atoms with E-state index in [0.29, 0.717) is 16.2 Å². The van der Waals surface area contributed by atoms with Crippen molar-refractivity contribution in [2.45, 2.75) is 19.8 Å². The first-order valence-corrected chi connectivity index (χ1v) is 10.6. The molecular formula is C22H18ClN3O3S. The van der Waals surface area contributed by atoms with Crippen LogP contribution in [0.3, 0.4) is 0 Å². The van der Waals surface area contributed by atoms with Crippen molar-refractivity contribution in [1.82, 2.24) is 14.6 Å². The van der Waals surface area contributed by atoms with Gasteiger partial charge in [-0.05, 0) is 47.9 Å². The third-order valence-electron chi connectivity index (χ3n) is 4.39. The van der Waals surface area contributed by atoms with E-state index >= 15 is 0 Å². The third kappa shape index (κ3) is 4.42. The maximum Gasteiger partial charge on any atom is 0.296 e. The molecule has 0 bridgehead atoms. The SMILES string of the molecule is CCCOc1ccc(Cc2nn3c(=O)/c(=C/c4ccc(Cl)cc4)sc3nc2=O)cc1. The summed E-state index contributed by atoms with van der Waals surface area (Å²) in [6, 6.07) is 14.6. The van der Waals surface area contributed by atoms with Crippen molar-refractivity contribution in [3.8, 4) is 5.75 Å². The molecule has 30 heavy (non-hydrogen) atoms. The molecule has 0 spiro atoms. The molecule has 4 aromatic rings. The van der Waals surface area contributed by atoms with E-state index in [1.165, 1.54) is 4.52 Å². The lowest BCUT2D eigenvalue weighted by atomic mass is 10.1. The zero-order chi connectivity index (χ0) is 21.1. The highest BCUT2D eigenvalue weighted by molar-refractivity contribution is 7.15. The molecule has 0 N–H and O–H groups in total. The van der Waals surface area contributed by atoms with Gasteiger partial charge >= 0.3 is 0 Å². The van der Waals surface area contributed by atoms with Crippen LogP contribution in [0, 0.1) is 0 Å². The first kappa shape index (κ1) is 20.3. The number of rotatable bonds is 6. The molecule has 2 aromatic heterocycles. The lowest BCUT2D eigenvalue weighted by molar-refractivity contribution is 0.317. The van der Waals surface area contributed by atoms with Crippen LogP contribution in [0.15, 0.2) is 58.1 Å². The highest BCUT2D eigenvalue weighted by Crippen LogP contribution is 2.14. The van der Waals surface area contributed by atoms with E-state index in [4.69, 9.17) is 16.3 Å². The summed E-state index contributed by atoms with van der Waals surface area (Å²) in [7, 11) is 0. The lowest BCUT2D eigenvalue weighted by Crippen LogP contribution is -2.28. The number of halogens is 1. The van der Waals surface area contributed by atoms with Gasteiger partial charge in [-0.25, -0.2) is 0 Å². The maximum atomic E-state index is 12.8. The van der Waals surface area contributed by atoms with Crippen LogP contribution in [0.2, 0.25) is 5.02 Å². The Hall–Kier alpha value is -3.03. The van der Waals surface area contributed by atoms with Gasteiger partial charge in [-0.1, -0.05) is 54.1 Å². The fourth-order valence-electron chi connectivity index (χ4n) is 2.88. The number of aromatic nitrogens is 3. The molecule has 0 saturated carbocycles. The van der Waals surface area contributed by atoms with Gasteiger partial charge in [-0.2, -0.15) is 14.6 Å². The molecule has 0 saturated heterocycles. The standard InChI is InChI=1S/C22H18ClN3O3S/c1-2-11-29-17-9-5-14(6-10-17)12-18-20(27)24-22-26(25-18)21(28)19(30-22)13-15-3-7-16(23)8-4-15/h3-10,13H,2,11-12H2,1H3/b19-13-. The Labute approximate surface area is 181 Å². The van der Waals surface area contributed by atoms with Crippen molar-refractivity contribution in [3.05, 3.63) is 95.6 Å². The molecule has 0 fully saturated rings. The first-order valence-electron chi connectivity index (χ1n) is 9.45. The van der Waals surface area contributed by atoms with Gasteiger partial charge in [-0.15, -0.1) is 0 Å². The summed E-state index contributed by atoms with van der Waals surface area (Å²) in [5.74, 6) is 0.779. The summed E-state index contributed by atoms with van der Waals surface area (Å²) in [4.78, 5) is 29.5. The second-order valence-electron chi connectivity index (χ2n) is 6.69. The summed E-state index contributed by atoms with van der Waals surface area (Å²) in [6.45, 7) is 2.70. The second kappa shape index (κ2) is 8.77. The molecule has 0 aliphatic carbocycles. The monoisotopic (exact) mass is 439 g/mol. The third-order valence-corrected chi connectivity index (χ3v) is 5.60. The minimum Gasteiger partial charge on any atom is -0.494 e. The molecule has 152 valence electrons. The molecule has 0 amide bonds. The predicted octanol–water partition coefficient (Wildman–Crippen LogP) is 3.09. The average molecular weight is 440 g/mol. The van der Waals surface area contributed by atoms with E-state index < -0.39 is 5.56 Å². The van der Waals surface area contributed by atoms with E-state index in [0.717, 1.165) is 34.6 Å². The maximum absolute atomic E-state index is 12.8. The lowest BCUT2D eigenvalue weighted by Gasteiger charge is -2.05. The van der Waals surface area contributed by atoms with Gasteiger partial charge in [0.1, 0.15) is 11.4 Å². The molecule has 8 heteroatoms. The number of hydrogen-bond donors (Lipinski definition) is 0. The summed E-state index contributed by atoms with van der Waals surface area (Å²) < 4.78 is 7.22. The summed E-state index contributed by atoms with van der Waals surface area (Å²) in [5.41, 5.74) is 1.21. The molecule has 2 aromatic carbocycles. The molecular weight excluding hydrogens is 422 g/mol. The second-order valence-corrected chi connectivity index (χ2v) is 8.14. The molecule has 0 atom stereocenters. The first-order chi connectivity index (χ1) is 14.5. The van der Waals surface area contributed by atoms with Crippen molar-refractivity contribution in [2.75, 3.05) is 6.61 Å². The van der Waals surface area contributed by atoms with Crippen LogP contribution < -0.4 is 20.4 Å². The predicted molar refractivity (Wildman–Crippen MR) is 119 cm³/mol. The Morgan fingerprint density at radius 1 is 1.10 bits per heavy atom. The molecule has 2 heterocycles. The zero-order valence-electron chi connectivity index (χ0n) is 16.2. The van der Waals surface area contributed by atoms with E-state index in [-0.39, 0.29) is 22.6 Å². The van der Waals surface area contributed by atoms with Gasteiger partial charge in [0, 0.05) is 11.4 Å². The van der Waals surface area contributed by atoms with E-state index in [9.17, 15) is 9.59 Å². The highest BCUT2D eigenvalue weighted by atomic mass is 35.5. The minimum absolute atomic E-state index is 0.225. The van der Waals surface area contributed by atoms with E-state index in [1.54, 1.807) is 18.2 Å². The van der Waals surface area contributed by atoms with Crippen LogP contribution in [0.4, 0.5) is 0 Å². The minimum atomic E-state index is -0.430. The molecule has 0 aliphatic heterocycles. The number of thiazole rings is 1. The fraction of sp³-hybridized carbons (Fsp3) is 0.182. The van der Waals surface area contributed by atoms with Gasteiger partial charge in [0.05, 0.1) is 11.1 Å². The van der Waals surface area contributed by atoms with Crippen molar-refractivity contribution in [1.29, 1.82) is 0 Å². The van der Waals surface area contributed by atoms with Crippen molar-refractivity contribution >= 4 is 34.0 Å². The number of benzene rings is 2. The Morgan fingerprint density at radius 3 is 2.53 bits per heavy atom. The molecule has 6 nitrogen and oxygen atoms in total. The molecule has 0 aliphatic rings. The van der Waals surface area contributed by atoms with Gasteiger partial charge in [0.25, 0.3) is 11.1 Å². The fourth-order valence-corrected chi connectivity index (χ4v) is 3.91. The van der Waals surface area contributed by atoms with E-state index in [2.05, 4.69) is 10.1 Å². The van der Waals surface area contributed by atoms with Crippen LogP contribution >= 0.6 is 22.9 Å². The van der Waals surface area contributed by atoms with Crippen LogP contribution in [0.25, 0.3) is 11.0 Å². The molecule has 0 radical (unpaired) electrons. The van der Waals surface area contributed by atoms with Gasteiger partial charge < -0.3 is 4.74 Å². The normalized spacial score (nSPS) is 11.9. The summed E-state index contributed by atoms with van der Waals surface area (Å²) in [6.07, 6.45) is 2.96. The quantitative estimate of drug-likeness (QED) is 0.461. The Kier molecular flexibility index (Phi) is 5.92. The van der Waals surface area contributed by atoms with Crippen molar-refractivity contribution < 1.29 is 4.74 Å². The zero-order valence-corrected chi connectivity index (χ0v) is 17.7. The number of fused-ring (bicyclic) bond motifs is 1. The Bertz CT molecular complexity index is 1350. The topological polar surface area (TPSA) is 73.6 Å². The number of ether oxygens (including phenoxy) is 1. The van der Waals surface area contributed by atoms with Crippen molar-refractivity contribution in [3.63, 3.8) is 0 Å². The van der Waals surface area contributed by atoms with Crippen LogP contribution in [0.1, 0.15) is 30.2 Å². The number of hydrogen-bond acceptors (Lipinski definition) is 6. The Morgan fingerprint density at radius 2 is 1.83 bits per heavy atom. The van der Waals surface area contributed by atoms with Crippen LogP contribution in [-0.4, -0.2) is 21.2 Å². The van der Waals surface area contributed by atoms with E-state index in [1.807, 2.05) is 43.3 Å². The largest absolute Gasteiger partial charge is 0.494 e. The van der Waals surface area contributed by atoms with Gasteiger partial charge in [0.15, 0.2) is 0 Å². The van der Waals surface area contributed by atoms with Gasteiger partial charge in [-0.3, -0.25) is 9.59 Å².